The lowest BCUT2D eigenvalue weighted by molar-refractivity contribution is -0.186. The predicted molar refractivity (Wildman–Crippen MR) is 74.5 cm³/mol. The molecule has 19 heavy (non-hydrogen) atoms. The molecule has 0 aromatic rings. The van der Waals surface area contributed by atoms with Gasteiger partial charge in [0.15, 0.2) is 0 Å². The van der Waals surface area contributed by atoms with E-state index in [0.717, 1.165) is 24.7 Å². The molecular formula is C16H26O3. The first kappa shape index (κ1) is 14.6. The Hall–Kier alpha value is -0.830. The molecule has 0 heterocycles. The van der Waals surface area contributed by atoms with E-state index in [-0.39, 0.29) is 12.1 Å². The van der Waals surface area contributed by atoms with Crippen LogP contribution in [-0.4, -0.2) is 18.4 Å². The van der Waals surface area contributed by atoms with E-state index in [1.165, 1.54) is 32.1 Å². The molecule has 0 aliphatic heterocycles. The SMILES string of the molecule is C=C(C)C(=O)OC(C)OC1CCC2CCCCC2C1. The van der Waals surface area contributed by atoms with Crippen LogP contribution in [0.15, 0.2) is 12.2 Å². The van der Waals surface area contributed by atoms with Gasteiger partial charge in [-0.15, -0.1) is 0 Å². The molecule has 0 saturated heterocycles. The summed E-state index contributed by atoms with van der Waals surface area (Å²) in [6.07, 6.45) is 8.84. The van der Waals surface area contributed by atoms with Crippen molar-refractivity contribution >= 4 is 5.97 Å². The lowest BCUT2D eigenvalue weighted by atomic mass is 9.70. The first-order valence-corrected chi connectivity index (χ1v) is 7.58. The van der Waals surface area contributed by atoms with Crippen molar-refractivity contribution in [1.29, 1.82) is 0 Å². The molecule has 0 N–H and O–H groups in total. The van der Waals surface area contributed by atoms with Crippen molar-refractivity contribution in [3.63, 3.8) is 0 Å². The second-order valence-electron chi connectivity index (χ2n) is 6.13. The molecule has 0 spiro atoms. The molecule has 0 aromatic carbocycles. The quantitative estimate of drug-likeness (QED) is 0.441. The minimum atomic E-state index is -0.464. The van der Waals surface area contributed by atoms with Gasteiger partial charge >= 0.3 is 5.97 Å². The van der Waals surface area contributed by atoms with Crippen LogP contribution in [0.2, 0.25) is 0 Å². The normalized spacial score (nSPS) is 32.2. The molecule has 0 amide bonds. The molecule has 4 unspecified atom stereocenters. The number of carbonyl (C=O) groups is 1. The van der Waals surface area contributed by atoms with Gasteiger partial charge in [0.1, 0.15) is 0 Å². The Morgan fingerprint density at radius 1 is 1.16 bits per heavy atom. The van der Waals surface area contributed by atoms with Crippen molar-refractivity contribution in [1.82, 2.24) is 0 Å². The van der Waals surface area contributed by atoms with Crippen molar-refractivity contribution in [2.24, 2.45) is 11.8 Å². The second-order valence-corrected chi connectivity index (χ2v) is 6.13. The van der Waals surface area contributed by atoms with Gasteiger partial charge in [0.05, 0.1) is 6.10 Å². The maximum absolute atomic E-state index is 11.4. The Morgan fingerprint density at radius 3 is 2.53 bits per heavy atom. The highest BCUT2D eigenvalue weighted by molar-refractivity contribution is 5.86. The highest BCUT2D eigenvalue weighted by atomic mass is 16.7. The molecule has 3 heteroatoms. The monoisotopic (exact) mass is 266 g/mol. The third kappa shape index (κ3) is 4.07. The average molecular weight is 266 g/mol. The topological polar surface area (TPSA) is 35.5 Å². The Labute approximate surface area is 116 Å². The van der Waals surface area contributed by atoms with Crippen LogP contribution < -0.4 is 0 Å². The van der Waals surface area contributed by atoms with Crippen LogP contribution in [0.5, 0.6) is 0 Å². The molecule has 4 atom stereocenters. The number of ether oxygens (including phenoxy) is 2. The molecular weight excluding hydrogens is 240 g/mol. The van der Waals surface area contributed by atoms with Crippen LogP contribution in [-0.2, 0) is 14.3 Å². The third-order valence-electron chi connectivity index (χ3n) is 4.50. The fourth-order valence-electron chi connectivity index (χ4n) is 3.50. The molecule has 0 aromatic heterocycles. The lowest BCUT2D eigenvalue weighted by Crippen LogP contribution is -2.34. The number of hydrogen-bond donors (Lipinski definition) is 0. The average Bonchev–Trinajstić information content (AvgIpc) is 2.38. The fraction of sp³-hybridized carbons (Fsp3) is 0.812. The minimum absolute atomic E-state index is 0.257. The molecule has 2 fully saturated rings. The predicted octanol–water partition coefficient (Wildman–Crippen LogP) is 3.83. The molecule has 108 valence electrons. The maximum atomic E-state index is 11.4. The minimum Gasteiger partial charge on any atom is -0.433 e. The van der Waals surface area contributed by atoms with Gasteiger partial charge < -0.3 is 9.47 Å². The van der Waals surface area contributed by atoms with Gasteiger partial charge in [0.25, 0.3) is 0 Å². The zero-order valence-corrected chi connectivity index (χ0v) is 12.2. The molecule has 2 saturated carbocycles. The molecule has 3 nitrogen and oxygen atoms in total. The maximum Gasteiger partial charge on any atom is 0.335 e. The zero-order chi connectivity index (χ0) is 13.8. The van der Waals surface area contributed by atoms with E-state index in [4.69, 9.17) is 9.47 Å². The van der Waals surface area contributed by atoms with E-state index in [1.807, 2.05) is 0 Å². The van der Waals surface area contributed by atoms with Crippen LogP contribution in [0.1, 0.15) is 58.8 Å². The van der Waals surface area contributed by atoms with Gasteiger partial charge in [0, 0.05) is 5.57 Å². The summed E-state index contributed by atoms with van der Waals surface area (Å²) >= 11 is 0. The standard InChI is InChI=1S/C16H26O3/c1-11(2)16(17)19-12(3)18-15-9-8-13-6-4-5-7-14(13)10-15/h12-15H,1,4-10H2,2-3H3. The van der Waals surface area contributed by atoms with E-state index in [0.29, 0.717) is 5.57 Å². The fourth-order valence-corrected chi connectivity index (χ4v) is 3.50. The smallest absolute Gasteiger partial charge is 0.335 e. The van der Waals surface area contributed by atoms with Crippen LogP contribution in [0.3, 0.4) is 0 Å². The van der Waals surface area contributed by atoms with Crippen molar-refractivity contribution in [3.8, 4) is 0 Å². The van der Waals surface area contributed by atoms with Crippen LogP contribution >= 0.6 is 0 Å². The Bertz CT molecular complexity index is 337. The van der Waals surface area contributed by atoms with E-state index >= 15 is 0 Å². The summed E-state index contributed by atoms with van der Waals surface area (Å²) in [4.78, 5) is 11.4. The molecule has 0 bridgehead atoms. The van der Waals surface area contributed by atoms with Gasteiger partial charge in [-0.25, -0.2) is 4.79 Å². The summed E-state index contributed by atoms with van der Waals surface area (Å²) in [7, 11) is 0. The first-order valence-electron chi connectivity index (χ1n) is 7.58. The molecule has 2 aliphatic rings. The Balaban J connectivity index is 1.77. The number of fused-ring (bicyclic) bond motifs is 1. The summed E-state index contributed by atoms with van der Waals surface area (Å²) < 4.78 is 11.1. The van der Waals surface area contributed by atoms with Crippen molar-refractivity contribution < 1.29 is 14.3 Å². The highest BCUT2D eigenvalue weighted by Crippen LogP contribution is 2.41. The summed E-state index contributed by atoms with van der Waals surface area (Å²) in [6, 6.07) is 0. The summed E-state index contributed by atoms with van der Waals surface area (Å²) in [5, 5.41) is 0. The van der Waals surface area contributed by atoms with Crippen LogP contribution in [0.25, 0.3) is 0 Å². The van der Waals surface area contributed by atoms with E-state index in [1.54, 1.807) is 13.8 Å². The van der Waals surface area contributed by atoms with E-state index < -0.39 is 6.29 Å². The summed E-state index contributed by atoms with van der Waals surface area (Å²) in [6.45, 7) is 7.03. The lowest BCUT2D eigenvalue weighted by Gasteiger charge is -2.39. The van der Waals surface area contributed by atoms with Crippen molar-refractivity contribution in [3.05, 3.63) is 12.2 Å². The summed E-state index contributed by atoms with van der Waals surface area (Å²) in [5.41, 5.74) is 0.423. The van der Waals surface area contributed by atoms with Gasteiger partial charge in [0.2, 0.25) is 6.29 Å². The number of rotatable bonds is 4. The number of carbonyl (C=O) groups excluding carboxylic acids is 1. The number of esters is 1. The summed E-state index contributed by atoms with van der Waals surface area (Å²) in [5.74, 6) is 1.39. The van der Waals surface area contributed by atoms with Crippen LogP contribution in [0, 0.1) is 11.8 Å². The second kappa shape index (κ2) is 6.56. The highest BCUT2D eigenvalue weighted by Gasteiger charge is 2.33. The van der Waals surface area contributed by atoms with Gasteiger partial charge in [-0.1, -0.05) is 32.3 Å². The molecule has 2 aliphatic carbocycles. The first-order chi connectivity index (χ1) is 9.06. The van der Waals surface area contributed by atoms with E-state index in [9.17, 15) is 4.79 Å². The van der Waals surface area contributed by atoms with Crippen LogP contribution in [0.4, 0.5) is 0 Å². The van der Waals surface area contributed by atoms with Crippen molar-refractivity contribution in [2.45, 2.75) is 71.2 Å². The zero-order valence-electron chi connectivity index (χ0n) is 12.2. The largest absolute Gasteiger partial charge is 0.433 e. The Morgan fingerprint density at radius 2 is 1.84 bits per heavy atom. The van der Waals surface area contributed by atoms with Gasteiger partial charge in [-0.2, -0.15) is 0 Å². The number of hydrogen-bond acceptors (Lipinski definition) is 3. The molecule has 2 rings (SSSR count). The van der Waals surface area contributed by atoms with Crippen molar-refractivity contribution in [2.75, 3.05) is 0 Å². The Kier molecular flexibility index (Phi) is 5.03. The van der Waals surface area contributed by atoms with Gasteiger partial charge in [-0.3, -0.25) is 0 Å². The molecule has 0 radical (unpaired) electrons. The van der Waals surface area contributed by atoms with E-state index in [2.05, 4.69) is 6.58 Å². The third-order valence-corrected chi connectivity index (χ3v) is 4.50. The van der Waals surface area contributed by atoms with Gasteiger partial charge in [-0.05, 0) is 44.9 Å².